The first-order valence-electron chi connectivity index (χ1n) is 8.09. The third-order valence-corrected chi connectivity index (χ3v) is 4.42. The summed E-state index contributed by atoms with van der Waals surface area (Å²) in [5, 5.41) is 13.4. The zero-order valence-corrected chi connectivity index (χ0v) is 14.6. The van der Waals surface area contributed by atoms with E-state index >= 15 is 0 Å². The third-order valence-electron chi connectivity index (χ3n) is 4.42. The van der Waals surface area contributed by atoms with Crippen LogP contribution in [0.1, 0.15) is 25.0 Å². The van der Waals surface area contributed by atoms with Gasteiger partial charge in [-0.1, -0.05) is 12.1 Å². The average Bonchev–Trinajstić information content (AvgIpc) is 2.83. The van der Waals surface area contributed by atoms with Crippen LogP contribution in [0.2, 0.25) is 0 Å². The summed E-state index contributed by atoms with van der Waals surface area (Å²) in [7, 11) is 0. The van der Waals surface area contributed by atoms with Gasteiger partial charge >= 0.3 is 5.97 Å². The van der Waals surface area contributed by atoms with Crippen LogP contribution in [0.5, 0.6) is 0 Å². The van der Waals surface area contributed by atoms with Gasteiger partial charge in [0.1, 0.15) is 5.57 Å². The smallest absolute Gasteiger partial charge is 0.345 e. The number of carbonyl (C=O) groups excluding carboxylic acids is 2. The summed E-state index contributed by atoms with van der Waals surface area (Å²) < 4.78 is 10.4. The van der Waals surface area contributed by atoms with Crippen LogP contribution in [0.15, 0.2) is 41.9 Å². The topological polar surface area (TPSA) is 84.9 Å². The van der Waals surface area contributed by atoms with Crippen LogP contribution >= 0.6 is 0 Å². The van der Waals surface area contributed by atoms with E-state index in [0.29, 0.717) is 0 Å². The van der Waals surface area contributed by atoms with Crippen LogP contribution in [0.4, 0.5) is 5.69 Å². The number of hydrogen-bond acceptors (Lipinski definition) is 6. The van der Waals surface area contributed by atoms with Gasteiger partial charge < -0.3 is 19.9 Å². The first-order valence-corrected chi connectivity index (χ1v) is 8.09. The number of nitrogens with one attached hydrogen (secondary N) is 1. The van der Waals surface area contributed by atoms with E-state index in [4.69, 9.17) is 9.47 Å². The molecule has 6 nitrogen and oxygen atoms in total. The van der Waals surface area contributed by atoms with Gasteiger partial charge in [0.2, 0.25) is 0 Å². The lowest BCUT2D eigenvalue weighted by Crippen LogP contribution is -2.42. The number of allylic oxidation sites excluding steroid dienone is 1. The van der Waals surface area contributed by atoms with Crippen molar-refractivity contribution < 1.29 is 24.2 Å². The van der Waals surface area contributed by atoms with Crippen molar-refractivity contribution in [3.8, 4) is 0 Å². The Hall–Kier alpha value is -2.76. The van der Waals surface area contributed by atoms with Crippen molar-refractivity contribution in [1.29, 1.82) is 0 Å². The van der Waals surface area contributed by atoms with Crippen molar-refractivity contribution in [2.45, 2.75) is 39.5 Å². The Morgan fingerprint density at radius 1 is 1.12 bits per heavy atom. The van der Waals surface area contributed by atoms with Crippen molar-refractivity contribution in [3.05, 3.63) is 53.0 Å². The number of aryl methyl sites for hydroxylation is 2. The standard InChI is InChI=1S/C19H21NO5/c1-10-5-6-12(9-11(10)2)20-13-7-8-14(21)15(13)16-17(22)24-19(3,4)25-18(16)23/h5-9,13,15,20,22H,1-4H3/t13-,15+/m0/s1. The Balaban J connectivity index is 1.90. The first kappa shape index (κ1) is 17.1. The summed E-state index contributed by atoms with van der Waals surface area (Å²) >= 11 is 0. The fraction of sp³-hybridized carbons (Fsp3) is 0.368. The van der Waals surface area contributed by atoms with Crippen LogP contribution in [0.25, 0.3) is 0 Å². The van der Waals surface area contributed by atoms with Gasteiger partial charge in [0, 0.05) is 19.5 Å². The van der Waals surface area contributed by atoms with Gasteiger partial charge in [0.25, 0.3) is 11.7 Å². The first-order chi connectivity index (χ1) is 11.7. The van der Waals surface area contributed by atoms with Gasteiger partial charge in [-0.2, -0.15) is 0 Å². The molecule has 25 heavy (non-hydrogen) atoms. The summed E-state index contributed by atoms with van der Waals surface area (Å²) in [6, 6.07) is 5.37. The largest absolute Gasteiger partial charge is 0.480 e. The molecule has 1 heterocycles. The number of hydrogen-bond donors (Lipinski definition) is 2. The molecule has 1 aromatic carbocycles. The molecule has 0 saturated carbocycles. The molecule has 0 fully saturated rings. The molecule has 0 spiro atoms. The van der Waals surface area contributed by atoms with Gasteiger partial charge in [0.15, 0.2) is 5.78 Å². The molecular formula is C19H21NO5. The predicted octanol–water partition coefficient (Wildman–Crippen LogP) is 2.92. The number of ketones is 1. The van der Waals surface area contributed by atoms with Crippen molar-refractivity contribution in [1.82, 2.24) is 0 Å². The molecule has 1 aliphatic heterocycles. The molecule has 2 N–H and O–H groups in total. The Kier molecular flexibility index (Phi) is 4.06. The van der Waals surface area contributed by atoms with Gasteiger partial charge in [-0.3, -0.25) is 4.79 Å². The highest BCUT2D eigenvalue weighted by molar-refractivity contribution is 6.05. The van der Waals surface area contributed by atoms with Crippen LogP contribution in [-0.4, -0.2) is 28.7 Å². The Labute approximate surface area is 146 Å². The number of aliphatic hydroxyl groups is 1. The molecule has 2 aliphatic rings. The molecule has 0 radical (unpaired) electrons. The van der Waals surface area contributed by atoms with Gasteiger partial charge in [-0.25, -0.2) is 4.79 Å². The number of rotatable bonds is 3. The molecule has 1 aromatic rings. The normalized spacial score (nSPS) is 25.0. The molecule has 0 unspecified atom stereocenters. The quantitative estimate of drug-likeness (QED) is 0.821. The summed E-state index contributed by atoms with van der Waals surface area (Å²) in [6.07, 6.45) is 3.08. The maximum Gasteiger partial charge on any atom is 0.345 e. The monoisotopic (exact) mass is 343 g/mol. The number of cyclic esters (lactones) is 1. The summed E-state index contributed by atoms with van der Waals surface area (Å²) in [6.45, 7) is 7.03. The van der Waals surface area contributed by atoms with Crippen LogP contribution < -0.4 is 5.32 Å². The second-order valence-electron chi connectivity index (χ2n) is 6.82. The Morgan fingerprint density at radius 3 is 2.48 bits per heavy atom. The number of carbonyl (C=O) groups is 2. The molecule has 0 amide bonds. The molecule has 132 valence electrons. The predicted molar refractivity (Wildman–Crippen MR) is 91.9 cm³/mol. The lowest BCUT2D eigenvalue weighted by atomic mass is 9.91. The van der Waals surface area contributed by atoms with E-state index in [9.17, 15) is 14.7 Å². The number of aliphatic hydroxyl groups excluding tert-OH is 1. The van der Waals surface area contributed by atoms with Gasteiger partial charge in [-0.15, -0.1) is 0 Å². The van der Waals surface area contributed by atoms with E-state index in [-0.39, 0.29) is 11.4 Å². The van der Waals surface area contributed by atoms with E-state index in [1.165, 1.54) is 19.9 Å². The molecular weight excluding hydrogens is 322 g/mol. The highest BCUT2D eigenvalue weighted by atomic mass is 16.8. The third kappa shape index (κ3) is 3.24. The minimum Gasteiger partial charge on any atom is -0.480 e. The van der Waals surface area contributed by atoms with Gasteiger partial charge in [-0.05, 0) is 43.2 Å². The maximum absolute atomic E-state index is 12.3. The van der Waals surface area contributed by atoms with E-state index in [2.05, 4.69) is 5.32 Å². The summed E-state index contributed by atoms with van der Waals surface area (Å²) in [5.41, 5.74) is 2.93. The fourth-order valence-electron chi connectivity index (χ4n) is 3.00. The minimum absolute atomic E-state index is 0.157. The molecule has 2 atom stereocenters. The highest BCUT2D eigenvalue weighted by Crippen LogP contribution is 2.35. The van der Waals surface area contributed by atoms with Crippen molar-refractivity contribution in [2.75, 3.05) is 5.32 Å². The second kappa shape index (κ2) is 5.95. The lowest BCUT2D eigenvalue weighted by Gasteiger charge is -2.33. The molecule has 0 saturated heterocycles. The molecule has 6 heteroatoms. The zero-order valence-electron chi connectivity index (χ0n) is 14.6. The van der Waals surface area contributed by atoms with Gasteiger partial charge in [0.05, 0.1) is 12.0 Å². The molecule has 0 bridgehead atoms. The second-order valence-corrected chi connectivity index (χ2v) is 6.82. The number of anilines is 1. The lowest BCUT2D eigenvalue weighted by molar-refractivity contribution is -0.223. The Bertz CT molecular complexity index is 806. The minimum atomic E-state index is -1.27. The van der Waals surface area contributed by atoms with E-state index in [0.717, 1.165) is 16.8 Å². The maximum atomic E-state index is 12.3. The molecule has 0 aromatic heterocycles. The molecule has 3 rings (SSSR count). The van der Waals surface area contributed by atoms with Crippen molar-refractivity contribution in [3.63, 3.8) is 0 Å². The van der Waals surface area contributed by atoms with E-state index < -0.39 is 29.7 Å². The van der Waals surface area contributed by atoms with Crippen molar-refractivity contribution >= 4 is 17.4 Å². The zero-order chi connectivity index (χ0) is 18.4. The van der Waals surface area contributed by atoms with E-state index in [1.807, 2.05) is 32.0 Å². The fourth-order valence-corrected chi connectivity index (χ4v) is 3.00. The van der Waals surface area contributed by atoms with Crippen LogP contribution in [0, 0.1) is 19.8 Å². The Morgan fingerprint density at radius 2 is 1.84 bits per heavy atom. The summed E-state index contributed by atoms with van der Waals surface area (Å²) in [4.78, 5) is 24.6. The average molecular weight is 343 g/mol. The SMILES string of the molecule is Cc1ccc(N[C@H]2C=CC(=O)[C@@H]2C2=C(O)OC(C)(C)OC2=O)cc1C. The molecule has 1 aliphatic carbocycles. The number of esters is 1. The van der Waals surface area contributed by atoms with Crippen LogP contribution in [-0.2, 0) is 19.1 Å². The van der Waals surface area contributed by atoms with Crippen LogP contribution in [0.3, 0.4) is 0 Å². The summed E-state index contributed by atoms with van der Waals surface area (Å²) in [5.74, 6) is -3.76. The highest BCUT2D eigenvalue weighted by Gasteiger charge is 2.45. The van der Waals surface area contributed by atoms with E-state index in [1.54, 1.807) is 6.08 Å². The number of ether oxygens (including phenoxy) is 2. The number of benzene rings is 1. The van der Waals surface area contributed by atoms with Crippen molar-refractivity contribution in [2.24, 2.45) is 5.92 Å².